The van der Waals surface area contributed by atoms with Crippen molar-refractivity contribution in [3.63, 3.8) is 0 Å². The maximum Gasteiger partial charge on any atom is 0.271 e. The number of benzene rings is 2. The van der Waals surface area contributed by atoms with Gasteiger partial charge in [-0.3, -0.25) is 14.5 Å². The Labute approximate surface area is 169 Å². The Morgan fingerprint density at radius 3 is 2.52 bits per heavy atom. The predicted octanol–water partition coefficient (Wildman–Crippen LogP) is 2.78. The molecule has 0 saturated carbocycles. The van der Waals surface area contributed by atoms with Gasteiger partial charge in [-0.2, -0.15) is 9.89 Å². The Hall–Kier alpha value is -3.45. The van der Waals surface area contributed by atoms with E-state index in [1.54, 1.807) is 29.1 Å². The molecule has 148 valence electrons. The van der Waals surface area contributed by atoms with E-state index in [2.05, 4.69) is 45.0 Å². The topological polar surface area (TPSA) is 79.3 Å². The molecule has 7 nitrogen and oxygen atoms in total. The lowest BCUT2D eigenvalue weighted by molar-refractivity contribution is -0.114. The van der Waals surface area contributed by atoms with Crippen LogP contribution in [0.2, 0.25) is 0 Å². The van der Waals surface area contributed by atoms with Gasteiger partial charge in [0.2, 0.25) is 5.91 Å². The summed E-state index contributed by atoms with van der Waals surface area (Å²) in [5.41, 5.74) is 7.48. The highest BCUT2D eigenvalue weighted by Gasteiger charge is 2.24. The number of aromatic nitrogens is 2. The summed E-state index contributed by atoms with van der Waals surface area (Å²) < 4.78 is 0. The molecular formula is C22H23N5O2. The molecule has 1 aliphatic rings. The van der Waals surface area contributed by atoms with Crippen molar-refractivity contribution in [2.75, 3.05) is 17.3 Å². The van der Waals surface area contributed by atoms with Crippen molar-refractivity contribution in [2.45, 2.75) is 26.4 Å². The van der Waals surface area contributed by atoms with Gasteiger partial charge in [0.05, 0.1) is 11.9 Å². The van der Waals surface area contributed by atoms with Gasteiger partial charge in [0.1, 0.15) is 0 Å². The van der Waals surface area contributed by atoms with Crippen molar-refractivity contribution < 1.29 is 9.59 Å². The third-order valence-electron chi connectivity index (χ3n) is 4.96. The molecule has 0 aliphatic carbocycles. The fraction of sp³-hybridized carbons (Fsp3) is 0.227. The Kier molecular flexibility index (Phi) is 5.39. The summed E-state index contributed by atoms with van der Waals surface area (Å²) in [5.74, 6) is -0.390. The summed E-state index contributed by atoms with van der Waals surface area (Å²) in [6.45, 7) is 3.99. The Morgan fingerprint density at radius 1 is 1.03 bits per heavy atom. The second-order valence-electron chi connectivity index (χ2n) is 7.17. The minimum Gasteiger partial charge on any atom is -0.326 e. The van der Waals surface area contributed by atoms with E-state index in [1.165, 1.54) is 12.5 Å². The van der Waals surface area contributed by atoms with Crippen LogP contribution in [0.1, 0.15) is 34.1 Å². The Balaban J connectivity index is 1.36. The molecule has 2 amide bonds. The van der Waals surface area contributed by atoms with Crippen LogP contribution in [-0.2, 0) is 24.3 Å². The summed E-state index contributed by atoms with van der Waals surface area (Å²) in [6, 6.07) is 17.2. The molecule has 0 spiro atoms. The molecule has 2 aromatic carbocycles. The van der Waals surface area contributed by atoms with Crippen molar-refractivity contribution in [3.05, 3.63) is 83.2 Å². The van der Waals surface area contributed by atoms with E-state index in [-0.39, 0.29) is 11.8 Å². The van der Waals surface area contributed by atoms with Gasteiger partial charge in [-0.25, -0.2) is 5.43 Å². The second-order valence-corrected chi connectivity index (χ2v) is 7.17. The van der Waals surface area contributed by atoms with Crippen molar-refractivity contribution in [3.8, 4) is 0 Å². The summed E-state index contributed by atoms with van der Waals surface area (Å²) in [4.78, 5) is 27.6. The average Bonchev–Trinajstić information content (AvgIpc) is 3.29. The average molecular weight is 389 g/mol. The molecule has 3 aromatic rings. The van der Waals surface area contributed by atoms with E-state index in [0.717, 1.165) is 37.3 Å². The van der Waals surface area contributed by atoms with Crippen LogP contribution in [0, 0.1) is 0 Å². The molecular weight excluding hydrogens is 366 g/mol. The highest BCUT2D eigenvalue weighted by atomic mass is 16.2. The van der Waals surface area contributed by atoms with Gasteiger partial charge < -0.3 is 5.32 Å². The first-order chi connectivity index (χ1) is 14.1. The molecule has 0 unspecified atom stereocenters. The van der Waals surface area contributed by atoms with E-state index in [1.807, 2.05) is 12.3 Å². The number of hydrogen-bond acceptors (Lipinski definition) is 4. The van der Waals surface area contributed by atoms with E-state index < -0.39 is 0 Å². The van der Waals surface area contributed by atoms with E-state index in [9.17, 15) is 9.59 Å². The van der Waals surface area contributed by atoms with Crippen LogP contribution in [0.15, 0.2) is 60.8 Å². The number of anilines is 1. The van der Waals surface area contributed by atoms with Crippen LogP contribution in [0.5, 0.6) is 0 Å². The van der Waals surface area contributed by atoms with Gasteiger partial charge >= 0.3 is 0 Å². The summed E-state index contributed by atoms with van der Waals surface area (Å²) >= 11 is 0. The quantitative estimate of drug-likeness (QED) is 0.679. The first-order valence-corrected chi connectivity index (χ1v) is 9.59. The number of nitrogens with zero attached hydrogens (tertiary/aromatic N) is 3. The van der Waals surface area contributed by atoms with Gasteiger partial charge in [0.15, 0.2) is 0 Å². The first-order valence-electron chi connectivity index (χ1n) is 9.59. The molecule has 1 aliphatic heterocycles. The fourth-order valence-electron chi connectivity index (χ4n) is 3.47. The second kappa shape index (κ2) is 8.28. The summed E-state index contributed by atoms with van der Waals surface area (Å²) in [6.07, 6.45) is 2.81. The molecule has 0 bridgehead atoms. The number of rotatable bonds is 6. The Bertz CT molecular complexity index is 1010. The van der Waals surface area contributed by atoms with Crippen LogP contribution < -0.4 is 10.7 Å². The highest BCUT2D eigenvalue weighted by molar-refractivity contribution is 6.00. The standard InChI is InChI=1S/C22H23N5O2/c1-16(28)24-20-9-7-18(8-10-20)22(29)25-27-21-15-26(14-19(21)13-23-27)12-11-17-5-3-2-4-6-17/h2-10,13H,11-12,14-15H2,1H3,(H,24,28)(H,25,29). The van der Waals surface area contributed by atoms with Crippen LogP contribution in [-0.4, -0.2) is 33.1 Å². The smallest absolute Gasteiger partial charge is 0.271 e. The van der Waals surface area contributed by atoms with Crippen LogP contribution in [0.4, 0.5) is 5.69 Å². The molecule has 4 rings (SSSR count). The molecule has 7 heteroatoms. The molecule has 0 saturated heterocycles. The zero-order valence-corrected chi connectivity index (χ0v) is 16.3. The molecule has 2 N–H and O–H groups in total. The lowest BCUT2D eigenvalue weighted by Gasteiger charge is -2.15. The number of carbonyl (C=O) groups is 2. The van der Waals surface area contributed by atoms with Gasteiger partial charge in [-0.05, 0) is 36.2 Å². The van der Waals surface area contributed by atoms with Gasteiger partial charge in [-0.15, -0.1) is 0 Å². The normalized spacial score (nSPS) is 13.1. The highest BCUT2D eigenvalue weighted by Crippen LogP contribution is 2.22. The van der Waals surface area contributed by atoms with E-state index in [0.29, 0.717) is 11.3 Å². The lowest BCUT2D eigenvalue weighted by atomic mass is 10.1. The predicted molar refractivity (Wildman–Crippen MR) is 111 cm³/mol. The molecule has 2 heterocycles. The Morgan fingerprint density at radius 2 is 1.79 bits per heavy atom. The molecule has 0 radical (unpaired) electrons. The number of amides is 2. The maximum atomic E-state index is 12.6. The van der Waals surface area contributed by atoms with Crippen molar-refractivity contribution in [2.24, 2.45) is 0 Å². The van der Waals surface area contributed by atoms with Crippen molar-refractivity contribution in [1.29, 1.82) is 0 Å². The SMILES string of the molecule is CC(=O)Nc1ccc(C(=O)Nn2ncc3c2CN(CCc2ccccc2)C3)cc1. The zero-order valence-electron chi connectivity index (χ0n) is 16.3. The first kappa shape index (κ1) is 18.9. The summed E-state index contributed by atoms with van der Waals surface area (Å²) in [5, 5.41) is 7.00. The van der Waals surface area contributed by atoms with Crippen LogP contribution in [0.25, 0.3) is 0 Å². The lowest BCUT2D eigenvalue weighted by Crippen LogP contribution is -2.27. The number of fused-ring (bicyclic) bond motifs is 1. The third-order valence-corrected chi connectivity index (χ3v) is 4.96. The van der Waals surface area contributed by atoms with Crippen LogP contribution in [0.3, 0.4) is 0 Å². The molecule has 0 atom stereocenters. The van der Waals surface area contributed by atoms with Crippen LogP contribution >= 0.6 is 0 Å². The zero-order chi connectivity index (χ0) is 20.2. The fourth-order valence-corrected chi connectivity index (χ4v) is 3.47. The van der Waals surface area contributed by atoms with Gasteiger partial charge in [0.25, 0.3) is 5.91 Å². The third kappa shape index (κ3) is 4.52. The summed E-state index contributed by atoms with van der Waals surface area (Å²) in [7, 11) is 0. The van der Waals surface area contributed by atoms with Gasteiger partial charge in [0, 0.05) is 43.4 Å². The largest absolute Gasteiger partial charge is 0.326 e. The monoisotopic (exact) mass is 389 g/mol. The minimum atomic E-state index is -0.243. The maximum absolute atomic E-state index is 12.6. The number of hydrogen-bond donors (Lipinski definition) is 2. The van der Waals surface area contributed by atoms with Gasteiger partial charge in [-0.1, -0.05) is 30.3 Å². The molecule has 1 aromatic heterocycles. The van der Waals surface area contributed by atoms with Crippen molar-refractivity contribution in [1.82, 2.24) is 14.8 Å². The number of nitrogens with one attached hydrogen (secondary N) is 2. The van der Waals surface area contributed by atoms with Crippen molar-refractivity contribution >= 4 is 17.5 Å². The minimum absolute atomic E-state index is 0.147. The number of carbonyl (C=O) groups excluding carboxylic acids is 2. The molecule has 29 heavy (non-hydrogen) atoms. The van der Waals surface area contributed by atoms with E-state index >= 15 is 0 Å². The molecule has 0 fully saturated rings. The van der Waals surface area contributed by atoms with E-state index in [4.69, 9.17) is 0 Å².